The van der Waals surface area contributed by atoms with Crippen LogP contribution >= 0.6 is 0 Å². The number of carbonyl (C=O) groups excluding carboxylic acids is 1. The molecule has 114 valence electrons. The fourth-order valence-electron chi connectivity index (χ4n) is 2.02. The Balaban J connectivity index is 1.91. The van der Waals surface area contributed by atoms with Gasteiger partial charge in [0.25, 0.3) is 0 Å². The summed E-state index contributed by atoms with van der Waals surface area (Å²) >= 11 is 0. The van der Waals surface area contributed by atoms with E-state index in [1.165, 1.54) is 12.1 Å². The lowest BCUT2D eigenvalue weighted by Gasteiger charge is -2.13. The van der Waals surface area contributed by atoms with Crippen LogP contribution in [0, 0.1) is 24.1 Å². The van der Waals surface area contributed by atoms with Gasteiger partial charge in [0.2, 0.25) is 0 Å². The number of nitriles is 1. The van der Waals surface area contributed by atoms with Gasteiger partial charge in [-0.3, -0.25) is 5.10 Å². The Kier molecular flexibility index (Phi) is 4.73. The molecule has 7 heteroatoms. The molecule has 0 saturated carbocycles. The van der Waals surface area contributed by atoms with Gasteiger partial charge in [-0.15, -0.1) is 0 Å². The van der Waals surface area contributed by atoms with Crippen LogP contribution in [0.25, 0.3) is 0 Å². The molecule has 22 heavy (non-hydrogen) atoms. The molecular weight excluding hydrogens is 285 g/mol. The van der Waals surface area contributed by atoms with E-state index in [0.29, 0.717) is 12.1 Å². The van der Waals surface area contributed by atoms with Crippen molar-refractivity contribution in [3.05, 3.63) is 47.0 Å². The summed E-state index contributed by atoms with van der Waals surface area (Å²) in [6.07, 6.45) is 0.588. The predicted molar refractivity (Wildman–Crippen MR) is 79.8 cm³/mol. The molecule has 0 aliphatic carbocycles. The van der Waals surface area contributed by atoms with Gasteiger partial charge in [0.05, 0.1) is 11.3 Å². The average Bonchev–Trinajstić information content (AvgIpc) is 2.85. The molecule has 1 atom stereocenters. The molecule has 0 bridgehead atoms. The SMILES string of the molecule is Cc1cc(CC(C)NC(=O)Nc2ccc(F)c(C#N)c2)n[nH]1. The number of aromatic amines is 1. The van der Waals surface area contributed by atoms with Crippen LogP contribution in [-0.4, -0.2) is 22.3 Å². The Labute approximate surface area is 127 Å². The van der Waals surface area contributed by atoms with Gasteiger partial charge in [-0.25, -0.2) is 9.18 Å². The van der Waals surface area contributed by atoms with Crippen LogP contribution in [0.3, 0.4) is 0 Å². The van der Waals surface area contributed by atoms with Gasteiger partial charge in [-0.05, 0) is 38.1 Å². The smallest absolute Gasteiger partial charge is 0.319 e. The second kappa shape index (κ2) is 6.72. The van der Waals surface area contributed by atoms with Crippen LogP contribution in [0.1, 0.15) is 23.9 Å². The lowest BCUT2D eigenvalue weighted by molar-refractivity contribution is 0.249. The van der Waals surface area contributed by atoms with E-state index in [0.717, 1.165) is 17.5 Å². The van der Waals surface area contributed by atoms with Crippen molar-refractivity contribution in [3.63, 3.8) is 0 Å². The highest BCUT2D eigenvalue weighted by molar-refractivity contribution is 5.89. The number of carbonyl (C=O) groups is 1. The van der Waals surface area contributed by atoms with Crippen molar-refractivity contribution < 1.29 is 9.18 Å². The van der Waals surface area contributed by atoms with E-state index in [4.69, 9.17) is 5.26 Å². The first-order chi connectivity index (χ1) is 10.5. The molecule has 1 aromatic carbocycles. The standard InChI is InChI=1S/C15H16FN5O/c1-9(5-13-6-10(2)20-21-13)18-15(22)19-12-3-4-14(16)11(7-12)8-17/h3-4,6-7,9H,5H2,1-2H3,(H,20,21)(H2,18,19,22). The minimum atomic E-state index is -0.615. The van der Waals surface area contributed by atoms with Crippen LogP contribution in [0.15, 0.2) is 24.3 Å². The van der Waals surface area contributed by atoms with E-state index in [-0.39, 0.29) is 11.6 Å². The minimum Gasteiger partial charge on any atom is -0.335 e. The third-order valence-corrected chi connectivity index (χ3v) is 3.00. The Morgan fingerprint density at radius 2 is 2.27 bits per heavy atom. The first-order valence-electron chi connectivity index (χ1n) is 6.76. The van der Waals surface area contributed by atoms with E-state index in [2.05, 4.69) is 20.8 Å². The zero-order valence-electron chi connectivity index (χ0n) is 12.3. The van der Waals surface area contributed by atoms with E-state index >= 15 is 0 Å². The third kappa shape index (κ3) is 4.06. The van der Waals surface area contributed by atoms with Crippen molar-refractivity contribution in [3.8, 4) is 6.07 Å². The third-order valence-electron chi connectivity index (χ3n) is 3.00. The molecule has 0 saturated heterocycles. The molecule has 0 fully saturated rings. The van der Waals surface area contributed by atoms with E-state index in [1.807, 2.05) is 19.9 Å². The summed E-state index contributed by atoms with van der Waals surface area (Å²) in [5.74, 6) is -0.615. The van der Waals surface area contributed by atoms with Gasteiger partial charge in [0.15, 0.2) is 0 Å². The van der Waals surface area contributed by atoms with Gasteiger partial charge < -0.3 is 10.6 Å². The zero-order chi connectivity index (χ0) is 16.1. The summed E-state index contributed by atoms with van der Waals surface area (Å²) in [5.41, 5.74) is 2.07. The Morgan fingerprint density at radius 3 is 2.91 bits per heavy atom. The predicted octanol–water partition coefficient (Wildman–Crippen LogP) is 2.48. The van der Waals surface area contributed by atoms with E-state index < -0.39 is 11.8 Å². The molecule has 2 amide bonds. The number of aryl methyl sites for hydroxylation is 1. The quantitative estimate of drug-likeness (QED) is 0.809. The maximum absolute atomic E-state index is 13.2. The fourth-order valence-corrected chi connectivity index (χ4v) is 2.02. The largest absolute Gasteiger partial charge is 0.335 e. The van der Waals surface area contributed by atoms with Crippen molar-refractivity contribution >= 4 is 11.7 Å². The molecule has 0 aliphatic heterocycles. The molecule has 1 unspecified atom stereocenters. The molecule has 0 spiro atoms. The number of H-pyrrole nitrogens is 1. The van der Waals surface area contributed by atoms with Gasteiger partial charge in [-0.1, -0.05) is 0 Å². The summed E-state index contributed by atoms with van der Waals surface area (Å²) in [5, 5.41) is 21.0. The average molecular weight is 301 g/mol. The number of halogens is 1. The highest BCUT2D eigenvalue weighted by atomic mass is 19.1. The molecule has 1 heterocycles. The number of nitrogens with one attached hydrogen (secondary N) is 3. The van der Waals surface area contributed by atoms with Crippen LogP contribution < -0.4 is 10.6 Å². The van der Waals surface area contributed by atoms with Gasteiger partial charge in [0, 0.05) is 23.8 Å². The van der Waals surface area contributed by atoms with Crippen molar-refractivity contribution in [1.29, 1.82) is 5.26 Å². The number of rotatable bonds is 4. The summed E-state index contributed by atoms with van der Waals surface area (Å²) in [4.78, 5) is 11.9. The number of nitrogens with zero attached hydrogens (tertiary/aromatic N) is 2. The summed E-state index contributed by atoms with van der Waals surface area (Å²) < 4.78 is 13.2. The molecule has 0 aliphatic rings. The normalized spacial score (nSPS) is 11.5. The summed E-state index contributed by atoms with van der Waals surface area (Å²) in [6.45, 7) is 3.76. The fraction of sp³-hybridized carbons (Fsp3) is 0.267. The maximum Gasteiger partial charge on any atom is 0.319 e. The van der Waals surface area contributed by atoms with Gasteiger partial charge in [0.1, 0.15) is 11.9 Å². The molecule has 2 aromatic rings. The number of benzene rings is 1. The van der Waals surface area contributed by atoms with Crippen molar-refractivity contribution in [2.45, 2.75) is 26.3 Å². The highest BCUT2D eigenvalue weighted by Crippen LogP contribution is 2.13. The number of aromatic nitrogens is 2. The lowest BCUT2D eigenvalue weighted by atomic mass is 10.2. The lowest BCUT2D eigenvalue weighted by Crippen LogP contribution is -2.37. The van der Waals surface area contributed by atoms with Crippen molar-refractivity contribution in [2.24, 2.45) is 0 Å². The number of hydrogen-bond donors (Lipinski definition) is 3. The van der Waals surface area contributed by atoms with Gasteiger partial charge >= 0.3 is 6.03 Å². The summed E-state index contributed by atoms with van der Waals surface area (Å²) in [7, 11) is 0. The zero-order valence-corrected chi connectivity index (χ0v) is 12.3. The Morgan fingerprint density at radius 1 is 1.50 bits per heavy atom. The maximum atomic E-state index is 13.2. The first-order valence-corrected chi connectivity index (χ1v) is 6.76. The topological polar surface area (TPSA) is 93.6 Å². The highest BCUT2D eigenvalue weighted by Gasteiger charge is 2.11. The number of amides is 2. The number of urea groups is 1. The van der Waals surface area contributed by atoms with Crippen molar-refractivity contribution in [1.82, 2.24) is 15.5 Å². The molecular formula is C15H16FN5O. The molecule has 1 aromatic heterocycles. The van der Waals surface area contributed by atoms with Crippen molar-refractivity contribution in [2.75, 3.05) is 5.32 Å². The van der Waals surface area contributed by atoms with Crippen LogP contribution in [0.4, 0.5) is 14.9 Å². The Bertz CT molecular complexity index is 719. The molecule has 3 N–H and O–H groups in total. The summed E-state index contributed by atoms with van der Waals surface area (Å²) in [6, 6.07) is 6.92. The molecule has 0 radical (unpaired) electrons. The Hall–Kier alpha value is -2.88. The monoisotopic (exact) mass is 301 g/mol. The second-order valence-corrected chi connectivity index (χ2v) is 5.05. The van der Waals surface area contributed by atoms with Crippen LogP contribution in [0.2, 0.25) is 0 Å². The molecule has 6 nitrogen and oxygen atoms in total. The second-order valence-electron chi connectivity index (χ2n) is 5.05. The van der Waals surface area contributed by atoms with Gasteiger partial charge in [-0.2, -0.15) is 10.4 Å². The minimum absolute atomic E-state index is 0.113. The van der Waals surface area contributed by atoms with E-state index in [1.54, 1.807) is 6.07 Å². The molecule has 2 rings (SSSR count). The van der Waals surface area contributed by atoms with Crippen LogP contribution in [0.5, 0.6) is 0 Å². The van der Waals surface area contributed by atoms with Crippen LogP contribution in [-0.2, 0) is 6.42 Å². The first kappa shape index (κ1) is 15.5. The van der Waals surface area contributed by atoms with E-state index in [9.17, 15) is 9.18 Å². The number of anilines is 1. The number of hydrogen-bond acceptors (Lipinski definition) is 3.